The number of likely N-dealkylation sites (N-methyl/N-ethyl adjacent to an activating group) is 1. The summed E-state index contributed by atoms with van der Waals surface area (Å²) >= 11 is 0. The van der Waals surface area contributed by atoms with Gasteiger partial charge in [0, 0.05) is 94.0 Å². The first-order valence-corrected chi connectivity index (χ1v) is 17.4. The van der Waals surface area contributed by atoms with Crippen molar-refractivity contribution in [3.63, 3.8) is 0 Å². The third-order valence-electron chi connectivity index (χ3n) is 8.97. The summed E-state index contributed by atoms with van der Waals surface area (Å²) in [7, 11) is 2.05. The molecular formula is C35H47N11O4. The average Bonchev–Trinajstić information content (AvgIpc) is 3.39. The van der Waals surface area contributed by atoms with Crippen LogP contribution in [0.2, 0.25) is 0 Å². The number of morpholine rings is 1. The predicted molar refractivity (Wildman–Crippen MR) is 193 cm³/mol. The third kappa shape index (κ3) is 8.95. The molecular weight excluding hydrogens is 638 g/mol. The lowest BCUT2D eigenvalue weighted by Crippen LogP contribution is -2.47. The van der Waals surface area contributed by atoms with E-state index < -0.39 is 6.03 Å². The first-order valence-electron chi connectivity index (χ1n) is 17.4. The third-order valence-corrected chi connectivity index (χ3v) is 8.97. The number of amides is 5. The number of aromatic nitrogens is 3. The Morgan fingerprint density at radius 2 is 1.26 bits per heavy atom. The predicted octanol–water partition coefficient (Wildman–Crippen LogP) is 3.04. The molecule has 50 heavy (non-hydrogen) atoms. The van der Waals surface area contributed by atoms with Gasteiger partial charge in [-0.05, 0) is 75.8 Å². The Balaban J connectivity index is 1.11. The van der Waals surface area contributed by atoms with E-state index in [-0.39, 0.29) is 18.0 Å². The van der Waals surface area contributed by atoms with Crippen LogP contribution >= 0.6 is 0 Å². The molecule has 1 aromatic heterocycles. The molecule has 3 fully saturated rings. The van der Waals surface area contributed by atoms with Crippen molar-refractivity contribution in [3.8, 4) is 11.4 Å². The molecule has 0 unspecified atom stereocenters. The van der Waals surface area contributed by atoms with E-state index in [2.05, 4.69) is 37.7 Å². The van der Waals surface area contributed by atoms with Crippen molar-refractivity contribution in [3.05, 3.63) is 54.1 Å². The van der Waals surface area contributed by atoms with Gasteiger partial charge in [0.05, 0.1) is 13.2 Å². The van der Waals surface area contributed by atoms with Crippen LogP contribution in [0.4, 0.5) is 32.9 Å². The van der Waals surface area contributed by atoms with Crippen LogP contribution in [0.5, 0.6) is 0 Å². The number of benzene rings is 2. The molecule has 4 heterocycles. The van der Waals surface area contributed by atoms with Gasteiger partial charge < -0.3 is 45.2 Å². The first-order chi connectivity index (χ1) is 24.2. The second-order valence-electron chi connectivity index (χ2n) is 13.1. The normalized spacial score (nSPS) is 17.4. The number of carbonyl (C=O) groups excluding carboxylic acids is 3. The number of anilines is 4. The van der Waals surface area contributed by atoms with Crippen LogP contribution in [0.15, 0.2) is 48.5 Å². The molecule has 266 valence electrons. The summed E-state index contributed by atoms with van der Waals surface area (Å²) in [5.74, 6) is 1.68. The second kappa shape index (κ2) is 16.1. The van der Waals surface area contributed by atoms with Crippen LogP contribution in [0.3, 0.4) is 0 Å². The Bertz CT molecular complexity index is 1620. The van der Waals surface area contributed by atoms with Crippen LogP contribution in [0, 0.1) is 0 Å². The van der Waals surface area contributed by atoms with E-state index in [0.717, 1.165) is 25.1 Å². The maximum absolute atomic E-state index is 12.9. The van der Waals surface area contributed by atoms with Crippen molar-refractivity contribution < 1.29 is 19.1 Å². The van der Waals surface area contributed by atoms with E-state index in [9.17, 15) is 14.4 Å². The summed E-state index contributed by atoms with van der Waals surface area (Å²) in [6.45, 7) is 12.1. The summed E-state index contributed by atoms with van der Waals surface area (Å²) in [5, 5.41) is 8.69. The largest absolute Gasteiger partial charge is 0.378 e. The van der Waals surface area contributed by atoms with Crippen LogP contribution < -0.4 is 25.8 Å². The number of rotatable bonds is 7. The molecule has 15 heteroatoms. The number of piperazine rings is 1. The minimum atomic E-state index is -0.398. The number of hydrogen-bond donors (Lipinski definition) is 3. The maximum Gasteiger partial charge on any atom is 0.323 e. The Hall–Kier alpha value is -5.02. The highest BCUT2D eigenvalue weighted by molar-refractivity contribution is 6.00. The van der Waals surface area contributed by atoms with E-state index in [1.807, 2.05) is 47.9 Å². The number of nitrogens with zero attached hydrogens (tertiary/aromatic N) is 8. The Labute approximate surface area is 293 Å². The zero-order chi connectivity index (χ0) is 35.0. The summed E-state index contributed by atoms with van der Waals surface area (Å²) in [6, 6.07) is 13.9. The van der Waals surface area contributed by atoms with Gasteiger partial charge in [0.2, 0.25) is 11.9 Å². The van der Waals surface area contributed by atoms with Crippen molar-refractivity contribution in [2.45, 2.75) is 26.3 Å². The van der Waals surface area contributed by atoms with E-state index in [1.165, 1.54) is 0 Å². The number of nitrogens with one attached hydrogen (secondary N) is 3. The molecule has 3 aliphatic heterocycles. The fraction of sp³-hybridized carbons (Fsp3) is 0.486. The summed E-state index contributed by atoms with van der Waals surface area (Å²) < 4.78 is 5.56. The van der Waals surface area contributed by atoms with Crippen molar-refractivity contribution in [2.24, 2.45) is 0 Å². The molecule has 6 rings (SSSR count). The highest BCUT2D eigenvalue weighted by atomic mass is 16.5. The van der Waals surface area contributed by atoms with Crippen LogP contribution in [0.25, 0.3) is 11.4 Å². The fourth-order valence-electron chi connectivity index (χ4n) is 6.07. The number of ether oxygens (including phenoxy) is 1. The average molecular weight is 686 g/mol. The highest BCUT2D eigenvalue weighted by Crippen LogP contribution is 2.25. The molecule has 3 aromatic rings. The van der Waals surface area contributed by atoms with Gasteiger partial charge in [0.25, 0.3) is 5.91 Å². The Morgan fingerprint density at radius 1 is 0.680 bits per heavy atom. The zero-order valence-corrected chi connectivity index (χ0v) is 29.1. The van der Waals surface area contributed by atoms with Crippen LogP contribution in [-0.2, 0) is 4.74 Å². The molecule has 0 bridgehead atoms. The summed E-state index contributed by atoms with van der Waals surface area (Å²) in [5.41, 5.74) is 2.56. The van der Waals surface area contributed by atoms with Gasteiger partial charge in [-0.15, -0.1) is 0 Å². The molecule has 0 saturated carbocycles. The molecule has 0 atom stereocenters. The monoisotopic (exact) mass is 685 g/mol. The molecule has 3 N–H and O–H groups in total. The van der Waals surface area contributed by atoms with Gasteiger partial charge in [-0.25, -0.2) is 9.59 Å². The van der Waals surface area contributed by atoms with E-state index in [4.69, 9.17) is 19.7 Å². The minimum absolute atomic E-state index is 0.000710. The lowest BCUT2D eigenvalue weighted by Gasteiger charge is -2.32. The number of urea groups is 2. The van der Waals surface area contributed by atoms with Gasteiger partial charge in [-0.3, -0.25) is 4.79 Å². The van der Waals surface area contributed by atoms with E-state index in [1.54, 1.807) is 24.3 Å². The molecule has 0 aliphatic carbocycles. The van der Waals surface area contributed by atoms with Crippen LogP contribution in [0.1, 0.15) is 30.6 Å². The van der Waals surface area contributed by atoms with Gasteiger partial charge in [0.15, 0.2) is 5.82 Å². The van der Waals surface area contributed by atoms with Crippen molar-refractivity contribution in [1.29, 1.82) is 0 Å². The molecule has 0 radical (unpaired) electrons. The SMILES string of the molecule is CC(C)NC(=O)N1CCCN(c2nc(-c3ccc(NC(=O)Nc4ccc(C(=O)N5CCN(C)CC5)cc4)cc3)nc(N3CCOCC3)n2)CC1. The lowest BCUT2D eigenvalue weighted by atomic mass is 10.1. The van der Waals surface area contributed by atoms with Crippen molar-refractivity contribution >= 4 is 41.2 Å². The molecule has 0 spiro atoms. The van der Waals surface area contributed by atoms with Gasteiger partial charge in [-0.2, -0.15) is 15.0 Å². The molecule has 3 aliphatic rings. The van der Waals surface area contributed by atoms with Gasteiger partial charge in [0.1, 0.15) is 0 Å². The van der Waals surface area contributed by atoms with E-state index in [0.29, 0.717) is 100 Å². The first kappa shape index (κ1) is 34.8. The smallest absolute Gasteiger partial charge is 0.323 e. The topological polar surface area (TPSA) is 151 Å². The van der Waals surface area contributed by atoms with Crippen molar-refractivity contribution in [1.82, 2.24) is 35.0 Å². The Kier molecular flexibility index (Phi) is 11.2. The number of hydrogen-bond acceptors (Lipinski definition) is 10. The van der Waals surface area contributed by atoms with Gasteiger partial charge in [-0.1, -0.05) is 0 Å². The second-order valence-corrected chi connectivity index (χ2v) is 13.1. The van der Waals surface area contributed by atoms with Crippen molar-refractivity contribution in [2.75, 3.05) is 106 Å². The lowest BCUT2D eigenvalue weighted by molar-refractivity contribution is 0.0664. The molecule has 3 saturated heterocycles. The maximum atomic E-state index is 12.9. The minimum Gasteiger partial charge on any atom is -0.378 e. The molecule has 5 amide bonds. The molecule has 15 nitrogen and oxygen atoms in total. The zero-order valence-electron chi connectivity index (χ0n) is 29.1. The highest BCUT2D eigenvalue weighted by Gasteiger charge is 2.24. The summed E-state index contributed by atoms with van der Waals surface area (Å²) in [6.07, 6.45) is 0.792. The quantitative estimate of drug-likeness (QED) is 0.339. The van der Waals surface area contributed by atoms with E-state index >= 15 is 0 Å². The standard InChI is InChI=1S/C35H47N11O4/c1-25(2)36-35(49)46-14-4-13-44(19-20-46)32-39-30(40-33(41-32)45-21-23-50-24-22-45)26-5-9-28(10-6-26)37-34(48)38-29-11-7-27(8-12-29)31(47)43-17-15-42(3)16-18-43/h5-12,25H,4,13-24H2,1-3H3,(H,36,49)(H2,37,38,48). The van der Waals surface area contributed by atoms with Gasteiger partial charge >= 0.3 is 12.1 Å². The molecule has 2 aromatic carbocycles. The van der Waals surface area contributed by atoms with Crippen LogP contribution in [-0.4, -0.2) is 139 Å². The fourth-order valence-corrected chi connectivity index (χ4v) is 6.07. The summed E-state index contributed by atoms with van der Waals surface area (Å²) in [4.78, 5) is 63.1. The Morgan fingerprint density at radius 3 is 1.88 bits per heavy atom. The number of carbonyl (C=O) groups is 3.